The zero-order valence-electron chi connectivity index (χ0n) is 8.38. The Morgan fingerprint density at radius 1 is 1.17 bits per heavy atom. The molecule has 0 aromatic carbocycles. The maximum Gasteiger partial charge on any atom is 0.0578 e. The highest BCUT2D eigenvalue weighted by Gasteiger charge is 2.12. The number of hydrogen-bond donors (Lipinski definition) is 0. The lowest BCUT2D eigenvalue weighted by Crippen LogP contribution is -2.18. The molecule has 12 heavy (non-hydrogen) atoms. The molecular formula is C11H21O. The van der Waals surface area contributed by atoms with Crippen molar-refractivity contribution >= 4 is 0 Å². The lowest BCUT2D eigenvalue weighted by Gasteiger charge is -2.22. The lowest BCUT2D eigenvalue weighted by atomic mass is 9.98. The molecule has 0 aromatic heterocycles. The van der Waals surface area contributed by atoms with E-state index in [1.807, 2.05) is 0 Å². The topological polar surface area (TPSA) is 9.23 Å². The zero-order valence-corrected chi connectivity index (χ0v) is 8.38. The fourth-order valence-corrected chi connectivity index (χ4v) is 1.77. The summed E-state index contributed by atoms with van der Waals surface area (Å²) in [5.74, 6) is 0. The van der Waals surface area contributed by atoms with Crippen molar-refractivity contribution in [3.63, 3.8) is 0 Å². The van der Waals surface area contributed by atoms with Crippen molar-refractivity contribution in [3.8, 4) is 0 Å². The average molecular weight is 169 g/mol. The highest BCUT2D eigenvalue weighted by Crippen LogP contribution is 2.19. The van der Waals surface area contributed by atoms with Gasteiger partial charge in [-0.25, -0.2) is 0 Å². The van der Waals surface area contributed by atoms with Crippen molar-refractivity contribution in [1.82, 2.24) is 0 Å². The zero-order chi connectivity index (χ0) is 8.81. The van der Waals surface area contributed by atoms with Gasteiger partial charge in [-0.2, -0.15) is 0 Å². The molecule has 1 aliphatic carbocycles. The minimum absolute atomic E-state index is 0.398. The van der Waals surface area contributed by atoms with Gasteiger partial charge in [0.25, 0.3) is 0 Å². The van der Waals surface area contributed by atoms with Gasteiger partial charge in [-0.3, -0.25) is 0 Å². The van der Waals surface area contributed by atoms with Crippen LogP contribution in [0.25, 0.3) is 0 Å². The van der Waals surface area contributed by atoms with E-state index in [0.29, 0.717) is 12.2 Å². The Morgan fingerprint density at radius 3 is 2.75 bits per heavy atom. The second kappa shape index (κ2) is 5.58. The molecule has 0 spiro atoms. The molecule has 0 saturated heterocycles. The molecule has 1 nitrogen and oxygen atoms in total. The van der Waals surface area contributed by atoms with E-state index in [0.717, 1.165) is 0 Å². The SMILES string of the molecule is CC(C)OC1CC[CH]CCCC1. The molecule has 0 N–H and O–H groups in total. The molecule has 1 fully saturated rings. The first-order valence-electron chi connectivity index (χ1n) is 5.26. The first kappa shape index (κ1) is 10.0. The molecular weight excluding hydrogens is 148 g/mol. The van der Waals surface area contributed by atoms with Crippen LogP contribution in [-0.4, -0.2) is 12.2 Å². The Labute approximate surface area is 76.5 Å². The minimum Gasteiger partial charge on any atom is -0.376 e. The first-order valence-corrected chi connectivity index (χ1v) is 5.26. The molecule has 0 heterocycles. The van der Waals surface area contributed by atoms with Gasteiger partial charge in [0.2, 0.25) is 0 Å². The van der Waals surface area contributed by atoms with E-state index in [-0.39, 0.29) is 0 Å². The number of hydrogen-bond acceptors (Lipinski definition) is 1. The van der Waals surface area contributed by atoms with Gasteiger partial charge in [0.1, 0.15) is 0 Å². The Bertz CT molecular complexity index is 102. The van der Waals surface area contributed by atoms with Crippen molar-refractivity contribution in [2.45, 2.75) is 64.6 Å². The van der Waals surface area contributed by atoms with Crippen LogP contribution in [0.15, 0.2) is 0 Å². The fraction of sp³-hybridized carbons (Fsp3) is 0.909. The van der Waals surface area contributed by atoms with E-state index >= 15 is 0 Å². The van der Waals surface area contributed by atoms with Crippen molar-refractivity contribution in [2.75, 3.05) is 0 Å². The van der Waals surface area contributed by atoms with Gasteiger partial charge in [0.15, 0.2) is 0 Å². The highest BCUT2D eigenvalue weighted by molar-refractivity contribution is 4.73. The Kier molecular flexibility index (Phi) is 4.67. The van der Waals surface area contributed by atoms with Gasteiger partial charge in [-0.15, -0.1) is 0 Å². The van der Waals surface area contributed by atoms with Gasteiger partial charge in [0, 0.05) is 0 Å². The first-order chi connectivity index (χ1) is 5.79. The molecule has 1 heteroatoms. The fourth-order valence-electron chi connectivity index (χ4n) is 1.77. The van der Waals surface area contributed by atoms with Crippen LogP contribution in [0.1, 0.15) is 52.4 Å². The summed E-state index contributed by atoms with van der Waals surface area (Å²) in [6, 6.07) is 0. The van der Waals surface area contributed by atoms with Gasteiger partial charge >= 0.3 is 0 Å². The van der Waals surface area contributed by atoms with Crippen molar-refractivity contribution in [2.24, 2.45) is 0 Å². The third kappa shape index (κ3) is 4.10. The van der Waals surface area contributed by atoms with E-state index < -0.39 is 0 Å². The summed E-state index contributed by atoms with van der Waals surface area (Å²) in [4.78, 5) is 0. The van der Waals surface area contributed by atoms with Gasteiger partial charge in [-0.1, -0.05) is 19.3 Å². The standard InChI is InChI=1S/C11H21O/c1-10(2)12-11-8-6-4-3-5-7-9-11/h4,10-11H,3,5-9H2,1-2H3. The predicted octanol–water partition coefficient (Wildman–Crippen LogP) is 3.34. The summed E-state index contributed by atoms with van der Waals surface area (Å²) in [6.45, 7) is 4.25. The molecule has 1 saturated carbocycles. The Morgan fingerprint density at radius 2 is 2.00 bits per heavy atom. The van der Waals surface area contributed by atoms with E-state index in [2.05, 4.69) is 20.3 Å². The van der Waals surface area contributed by atoms with Crippen molar-refractivity contribution in [1.29, 1.82) is 0 Å². The lowest BCUT2D eigenvalue weighted by molar-refractivity contribution is -0.00392. The molecule has 1 rings (SSSR count). The summed E-state index contributed by atoms with van der Waals surface area (Å²) in [7, 11) is 0. The van der Waals surface area contributed by atoms with Crippen LogP contribution in [0.3, 0.4) is 0 Å². The van der Waals surface area contributed by atoms with Crippen molar-refractivity contribution in [3.05, 3.63) is 6.42 Å². The normalized spacial score (nSPS) is 22.2. The molecule has 0 bridgehead atoms. The van der Waals surface area contributed by atoms with Crippen LogP contribution >= 0.6 is 0 Å². The summed E-state index contributed by atoms with van der Waals surface area (Å²) in [6.07, 6.45) is 11.1. The van der Waals surface area contributed by atoms with Crippen LogP contribution in [0, 0.1) is 6.42 Å². The molecule has 0 amide bonds. The molecule has 1 unspecified atom stereocenters. The maximum atomic E-state index is 5.81. The third-order valence-corrected chi connectivity index (χ3v) is 2.34. The van der Waals surface area contributed by atoms with Crippen LogP contribution in [0.5, 0.6) is 0 Å². The average Bonchev–Trinajstić information content (AvgIpc) is 1.93. The second-order valence-corrected chi connectivity index (χ2v) is 3.96. The molecule has 0 aliphatic heterocycles. The van der Waals surface area contributed by atoms with Gasteiger partial charge in [-0.05, 0) is 39.5 Å². The summed E-state index contributed by atoms with van der Waals surface area (Å²) in [5.41, 5.74) is 0. The summed E-state index contributed by atoms with van der Waals surface area (Å²) < 4.78 is 5.81. The predicted molar refractivity (Wildman–Crippen MR) is 52.0 cm³/mol. The smallest absolute Gasteiger partial charge is 0.0578 e. The van der Waals surface area contributed by atoms with Crippen LogP contribution in [0.2, 0.25) is 0 Å². The molecule has 0 aromatic rings. The number of rotatable bonds is 2. The molecule has 71 valence electrons. The highest BCUT2D eigenvalue weighted by atomic mass is 16.5. The Hall–Kier alpha value is -0.0400. The van der Waals surface area contributed by atoms with E-state index in [4.69, 9.17) is 4.74 Å². The third-order valence-electron chi connectivity index (χ3n) is 2.34. The monoisotopic (exact) mass is 169 g/mol. The summed E-state index contributed by atoms with van der Waals surface area (Å²) in [5, 5.41) is 0. The van der Waals surface area contributed by atoms with Crippen molar-refractivity contribution < 1.29 is 4.74 Å². The quantitative estimate of drug-likeness (QED) is 0.616. The van der Waals surface area contributed by atoms with Gasteiger partial charge in [0.05, 0.1) is 12.2 Å². The maximum absolute atomic E-state index is 5.81. The van der Waals surface area contributed by atoms with E-state index in [1.165, 1.54) is 38.5 Å². The van der Waals surface area contributed by atoms with Crippen LogP contribution < -0.4 is 0 Å². The van der Waals surface area contributed by atoms with Crippen LogP contribution in [0.4, 0.5) is 0 Å². The largest absolute Gasteiger partial charge is 0.376 e. The van der Waals surface area contributed by atoms with E-state index in [1.54, 1.807) is 0 Å². The van der Waals surface area contributed by atoms with E-state index in [9.17, 15) is 0 Å². The van der Waals surface area contributed by atoms with Crippen LogP contribution in [-0.2, 0) is 4.74 Å². The van der Waals surface area contributed by atoms with Gasteiger partial charge < -0.3 is 4.74 Å². The molecule has 1 aliphatic rings. The molecule has 1 radical (unpaired) electrons. The second-order valence-electron chi connectivity index (χ2n) is 3.96. The summed E-state index contributed by atoms with van der Waals surface area (Å²) >= 11 is 0. The minimum atomic E-state index is 0.398. The number of ether oxygens (including phenoxy) is 1. The Balaban J connectivity index is 2.20. The molecule has 1 atom stereocenters.